The van der Waals surface area contributed by atoms with Gasteiger partial charge in [-0.3, -0.25) is 0 Å². The van der Waals surface area contributed by atoms with E-state index < -0.39 is 0 Å². The second kappa shape index (κ2) is 6.38. The van der Waals surface area contributed by atoms with Gasteiger partial charge in [0.15, 0.2) is 0 Å². The van der Waals surface area contributed by atoms with Crippen molar-refractivity contribution in [1.82, 2.24) is 0 Å². The van der Waals surface area contributed by atoms with Crippen LogP contribution in [-0.4, -0.2) is 25.9 Å². The molecule has 1 unspecified atom stereocenters. The SMILES string of the molecule is CCOCC(C)(N)Cc1cc(Br)ccc1OC. The molecule has 96 valence electrons. The molecule has 1 aromatic rings. The molecule has 0 bridgehead atoms. The maximum Gasteiger partial charge on any atom is 0.122 e. The zero-order valence-corrected chi connectivity index (χ0v) is 12.2. The number of benzene rings is 1. The molecule has 0 radical (unpaired) electrons. The summed E-state index contributed by atoms with van der Waals surface area (Å²) in [6, 6.07) is 5.94. The van der Waals surface area contributed by atoms with Gasteiger partial charge in [0.2, 0.25) is 0 Å². The van der Waals surface area contributed by atoms with Crippen LogP contribution >= 0.6 is 15.9 Å². The lowest BCUT2D eigenvalue weighted by atomic mass is 9.94. The van der Waals surface area contributed by atoms with E-state index in [1.54, 1.807) is 7.11 Å². The minimum atomic E-state index is -0.385. The third-order valence-electron chi connectivity index (χ3n) is 2.47. The van der Waals surface area contributed by atoms with Crippen molar-refractivity contribution in [2.24, 2.45) is 5.73 Å². The average molecular weight is 302 g/mol. The number of ether oxygens (including phenoxy) is 2. The Hall–Kier alpha value is -0.580. The van der Waals surface area contributed by atoms with Gasteiger partial charge in [-0.1, -0.05) is 15.9 Å². The normalized spacial score (nSPS) is 14.4. The van der Waals surface area contributed by atoms with Crippen molar-refractivity contribution in [3.8, 4) is 5.75 Å². The quantitative estimate of drug-likeness (QED) is 0.879. The van der Waals surface area contributed by atoms with Gasteiger partial charge in [0, 0.05) is 16.6 Å². The van der Waals surface area contributed by atoms with Crippen LogP contribution in [0.3, 0.4) is 0 Å². The van der Waals surface area contributed by atoms with Crippen LogP contribution in [0.25, 0.3) is 0 Å². The van der Waals surface area contributed by atoms with Crippen LogP contribution in [-0.2, 0) is 11.2 Å². The van der Waals surface area contributed by atoms with Gasteiger partial charge in [-0.2, -0.15) is 0 Å². The van der Waals surface area contributed by atoms with Crippen molar-refractivity contribution in [2.75, 3.05) is 20.3 Å². The molecule has 1 rings (SSSR count). The first-order valence-electron chi connectivity index (χ1n) is 5.67. The monoisotopic (exact) mass is 301 g/mol. The number of hydrogen-bond acceptors (Lipinski definition) is 3. The van der Waals surface area contributed by atoms with E-state index in [2.05, 4.69) is 15.9 Å². The average Bonchev–Trinajstić information content (AvgIpc) is 2.26. The fourth-order valence-corrected chi connectivity index (χ4v) is 2.12. The van der Waals surface area contributed by atoms with Crippen LogP contribution in [0.2, 0.25) is 0 Å². The Morgan fingerprint density at radius 2 is 2.12 bits per heavy atom. The van der Waals surface area contributed by atoms with Gasteiger partial charge >= 0.3 is 0 Å². The van der Waals surface area contributed by atoms with Crippen molar-refractivity contribution in [3.63, 3.8) is 0 Å². The predicted molar refractivity (Wildman–Crippen MR) is 73.5 cm³/mol. The first kappa shape index (κ1) is 14.5. The lowest BCUT2D eigenvalue weighted by Crippen LogP contribution is -2.43. The molecule has 0 heterocycles. The zero-order valence-electron chi connectivity index (χ0n) is 10.6. The van der Waals surface area contributed by atoms with E-state index in [0.717, 1.165) is 22.2 Å². The van der Waals surface area contributed by atoms with Crippen LogP contribution < -0.4 is 10.5 Å². The zero-order chi connectivity index (χ0) is 12.9. The summed E-state index contributed by atoms with van der Waals surface area (Å²) < 4.78 is 11.8. The molecule has 0 aliphatic heterocycles. The van der Waals surface area contributed by atoms with Crippen molar-refractivity contribution >= 4 is 15.9 Å². The molecule has 0 aliphatic rings. The molecule has 0 spiro atoms. The maximum atomic E-state index is 6.21. The molecule has 1 aromatic carbocycles. The number of nitrogens with two attached hydrogens (primary N) is 1. The third-order valence-corrected chi connectivity index (χ3v) is 2.97. The Labute approximate surface area is 111 Å². The molecule has 0 saturated carbocycles. The third kappa shape index (κ3) is 4.66. The molecule has 0 amide bonds. The van der Waals surface area contributed by atoms with Crippen molar-refractivity contribution in [2.45, 2.75) is 25.8 Å². The molecule has 0 aliphatic carbocycles. The summed E-state index contributed by atoms with van der Waals surface area (Å²) in [5.74, 6) is 0.862. The lowest BCUT2D eigenvalue weighted by molar-refractivity contribution is 0.101. The van der Waals surface area contributed by atoms with Crippen LogP contribution in [0.5, 0.6) is 5.75 Å². The molecule has 0 saturated heterocycles. The standard InChI is InChI=1S/C13H20BrNO2/c1-4-17-9-13(2,15)8-10-7-11(14)5-6-12(10)16-3/h5-7H,4,8-9,15H2,1-3H3. The second-order valence-corrected chi connectivity index (χ2v) is 5.34. The van der Waals surface area contributed by atoms with E-state index >= 15 is 0 Å². The van der Waals surface area contributed by atoms with Gasteiger partial charge in [0.1, 0.15) is 5.75 Å². The van der Waals surface area contributed by atoms with Gasteiger partial charge in [-0.05, 0) is 44.0 Å². The summed E-state index contributed by atoms with van der Waals surface area (Å²) in [6.45, 7) is 5.18. The lowest BCUT2D eigenvalue weighted by Gasteiger charge is -2.25. The van der Waals surface area contributed by atoms with Gasteiger partial charge in [0.05, 0.1) is 13.7 Å². The summed E-state index contributed by atoms with van der Waals surface area (Å²) in [7, 11) is 1.67. The first-order valence-corrected chi connectivity index (χ1v) is 6.47. The molecular formula is C13H20BrNO2. The molecule has 0 fully saturated rings. The largest absolute Gasteiger partial charge is 0.496 e. The highest BCUT2D eigenvalue weighted by Crippen LogP contribution is 2.26. The summed E-state index contributed by atoms with van der Waals surface area (Å²) in [4.78, 5) is 0. The fraction of sp³-hybridized carbons (Fsp3) is 0.538. The minimum absolute atomic E-state index is 0.385. The van der Waals surface area contributed by atoms with Gasteiger partial charge in [0.25, 0.3) is 0 Å². The highest BCUT2D eigenvalue weighted by molar-refractivity contribution is 9.10. The topological polar surface area (TPSA) is 44.5 Å². The molecule has 2 N–H and O–H groups in total. The van der Waals surface area contributed by atoms with Crippen LogP contribution in [0.4, 0.5) is 0 Å². The second-order valence-electron chi connectivity index (χ2n) is 4.42. The Bertz CT molecular complexity index is 366. The summed E-state index contributed by atoms with van der Waals surface area (Å²) in [5, 5.41) is 0. The van der Waals surface area contributed by atoms with E-state index in [1.807, 2.05) is 32.0 Å². The fourth-order valence-electron chi connectivity index (χ4n) is 1.71. The number of methoxy groups -OCH3 is 1. The first-order chi connectivity index (χ1) is 7.98. The predicted octanol–water partition coefficient (Wildman–Crippen LogP) is 2.75. The van der Waals surface area contributed by atoms with Crippen LogP contribution in [0.1, 0.15) is 19.4 Å². The minimum Gasteiger partial charge on any atom is -0.496 e. The van der Waals surface area contributed by atoms with E-state index in [9.17, 15) is 0 Å². The summed E-state index contributed by atoms with van der Waals surface area (Å²) in [6.07, 6.45) is 0.718. The summed E-state index contributed by atoms with van der Waals surface area (Å²) in [5.41, 5.74) is 6.92. The molecule has 3 nitrogen and oxygen atoms in total. The highest BCUT2D eigenvalue weighted by Gasteiger charge is 2.21. The molecular weight excluding hydrogens is 282 g/mol. The molecule has 4 heteroatoms. The van der Waals surface area contributed by atoms with Crippen molar-refractivity contribution < 1.29 is 9.47 Å². The van der Waals surface area contributed by atoms with E-state index in [1.165, 1.54) is 0 Å². The maximum absolute atomic E-state index is 6.21. The van der Waals surface area contributed by atoms with Gasteiger partial charge in [-0.15, -0.1) is 0 Å². The van der Waals surface area contributed by atoms with Crippen LogP contribution in [0.15, 0.2) is 22.7 Å². The Morgan fingerprint density at radius 1 is 1.41 bits per heavy atom. The molecule has 1 atom stereocenters. The summed E-state index contributed by atoms with van der Waals surface area (Å²) >= 11 is 3.46. The van der Waals surface area contributed by atoms with E-state index in [0.29, 0.717) is 13.2 Å². The Balaban J connectivity index is 2.82. The Kier molecular flexibility index (Phi) is 5.43. The van der Waals surface area contributed by atoms with Crippen molar-refractivity contribution in [3.05, 3.63) is 28.2 Å². The van der Waals surface area contributed by atoms with E-state index in [-0.39, 0.29) is 5.54 Å². The smallest absolute Gasteiger partial charge is 0.122 e. The molecule has 17 heavy (non-hydrogen) atoms. The van der Waals surface area contributed by atoms with Gasteiger partial charge < -0.3 is 15.2 Å². The number of hydrogen-bond donors (Lipinski definition) is 1. The Morgan fingerprint density at radius 3 is 2.71 bits per heavy atom. The van der Waals surface area contributed by atoms with E-state index in [4.69, 9.17) is 15.2 Å². The number of halogens is 1. The highest BCUT2D eigenvalue weighted by atomic mass is 79.9. The number of rotatable bonds is 6. The molecule has 0 aromatic heterocycles. The van der Waals surface area contributed by atoms with Crippen LogP contribution in [0, 0.1) is 0 Å². The van der Waals surface area contributed by atoms with Gasteiger partial charge in [-0.25, -0.2) is 0 Å². The van der Waals surface area contributed by atoms with Crippen molar-refractivity contribution in [1.29, 1.82) is 0 Å².